The van der Waals surface area contributed by atoms with Gasteiger partial charge in [0, 0.05) is 11.4 Å². The van der Waals surface area contributed by atoms with E-state index in [-0.39, 0.29) is 17.9 Å². The predicted molar refractivity (Wildman–Crippen MR) is 97.9 cm³/mol. The van der Waals surface area contributed by atoms with E-state index < -0.39 is 0 Å². The predicted octanol–water partition coefficient (Wildman–Crippen LogP) is 3.06. The molecule has 0 aliphatic carbocycles. The topological polar surface area (TPSA) is 66.0 Å². The van der Waals surface area contributed by atoms with E-state index in [1.807, 2.05) is 30.3 Å². The number of hydrogen-bond acceptors (Lipinski definition) is 5. The number of hydrogen-bond donors (Lipinski definition) is 3. The number of aromatic nitrogens is 1. The van der Waals surface area contributed by atoms with E-state index in [1.165, 1.54) is 4.88 Å². The van der Waals surface area contributed by atoms with Gasteiger partial charge in [0.2, 0.25) is 5.91 Å². The molecule has 0 spiro atoms. The zero-order valence-electron chi connectivity index (χ0n) is 14.1. The maximum Gasteiger partial charge on any atom is 0.232 e. The van der Waals surface area contributed by atoms with E-state index >= 15 is 0 Å². The molecule has 3 rings (SSSR count). The van der Waals surface area contributed by atoms with Gasteiger partial charge in [0.1, 0.15) is 0 Å². The number of amides is 1. The molecule has 0 bridgehead atoms. The van der Waals surface area contributed by atoms with Crippen molar-refractivity contribution in [3.05, 3.63) is 46.5 Å². The van der Waals surface area contributed by atoms with Gasteiger partial charge in [0.15, 0.2) is 5.13 Å². The average Bonchev–Trinajstić information content (AvgIpc) is 3.23. The molecule has 0 radical (unpaired) electrons. The maximum atomic E-state index is 12.7. The third kappa shape index (κ3) is 3.66. The molecule has 1 amide bonds. The summed E-state index contributed by atoms with van der Waals surface area (Å²) in [5.74, 6) is -0.142. The van der Waals surface area contributed by atoms with Gasteiger partial charge in [0.05, 0.1) is 17.7 Å². The van der Waals surface area contributed by atoms with E-state index in [9.17, 15) is 4.79 Å². The van der Waals surface area contributed by atoms with Crippen molar-refractivity contribution >= 4 is 22.4 Å². The van der Waals surface area contributed by atoms with Crippen LogP contribution in [0.25, 0.3) is 0 Å². The molecule has 128 valence electrons. The number of aryl methyl sites for hydroxylation is 2. The van der Waals surface area contributed by atoms with Crippen LogP contribution in [0.4, 0.5) is 5.13 Å². The zero-order valence-corrected chi connectivity index (χ0v) is 15.0. The number of thiazole rings is 1. The molecule has 3 N–H and O–H groups in total. The Kier molecular flexibility index (Phi) is 5.60. The molecule has 1 saturated heterocycles. The van der Waals surface area contributed by atoms with Crippen molar-refractivity contribution in [1.82, 2.24) is 15.8 Å². The number of carbonyl (C=O) groups excluding carboxylic acids is 1. The van der Waals surface area contributed by atoms with Crippen molar-refractivity contribution in [1.29, 1.82) is 0 Å². The highest BCUT2D eigenvalue weighted by Crippen LogP contribution is 2.28. The Morgan fingerprint density at radius 3 is 2.83 bits per heavy atom. The molecule has 1 aromatic carbocycles. The molecule has 0 saturated carbocycles. The smallest absolute Gasteiger partial charge is 0.232 e. The van der Waals surface area contributed by atoms with Crippen molar-refractivity contribution in [2.24, 2.45) is 5.92 Å². The average molecular weight is 344 g/mol. The summed E-state index contributed by atoms with van der Waals surface area (Å²) in [5.41, 5.74) is 8.56. The first-order chi connectivity index (χ1) is 11.7. The minimum atomic E-state index is -0.156. The summed E-state index contributed by atoms with van der Waals surface area (Å²) in [6.45, 7) is 4.89. The lowest BCUT2D eigenvalue weighted by molar-refractivity contribution is -0.119. The molecule has 1 fully saturated rings. The minimum absolute atomic E-state index is 0.0146. The van der Waals surface area contributed by atoms with Crippen LogP contribution in [0.2, 0.25) is 0 Å². The largest absolute Gasteiger partial charge is 0.302 e. The zero-order chi connectivity index (χ0) is 16.9. The van der Waals surface area contributed by atoms with E-state index in [0.29, 0.717) is 6.54 Å². The van der Waals surface area contributed by atoms with E-state index in [0.717, 1.165) is 35.7 Å². The van der Waals surface area contributed by atoms with Crippen molar-refractivity contribution in [2.45, 2.75) is 39.2 Å². The fourth-order valence-corrected chi connectivity index (χ4v) is 4.01. The lowest BCUT2D eigenvalue weighted by atomic mass is 9.94. The first-order valence-corrected chi connectivity index (χ1v) is 9.37. The molecule has 1 aromatic heterocycles. The fourth-order valence-electron chi connectivity index (χ4n) is 3.06. The van der Waals surface area contributed by atoms with Gasteiger partial charge in [-0.1, -0.05) is 50.6 Å². The van der Waals surface area contributed by atoms with Crippen LogP contribution in [0.1, 0.15) is 42.4 Å². The lowest BCUT2D eigenvalue weighted by Crippen LogP contribution is -2.29. The maximum absolute atomic E-state index is 12.7. The molecular formula is C18H24N4OS. The summed E-state index contributed by atoms with van der Waals surface area (Å²) in [7, 11) is 0. The molecule has 2 unspecified atom stereocenters. The molecule has 1 aliphatic heterocycles. The first-order valence-electron chi connectivity index (χ1n) is 8.55. The second-order valence-electron chi connectivity index (χ2n) is 6.00. The van der Waals surface area contributed by atoms with Gasteiger partial charge in [-0.15, -0.1) is 11.3 Å². The van der Waals surface area contributed by atoms with E-state index in [4.69, 9.17) is 0 Å². The monoisotopic (exact) mass is 344 g/mol. The number of nitrogens with zero attached hydrogens (tertiary/aromatic N) is 1. The molecule has 2 aromatic rings. The van der Waals surface area contributed by atoms with Crippen molar-refractivity contribution in [3.8, 4) is 0 Å². The number of nitrogens with one attached hydrogen (secondary N) is 3. The molecule has 2 atom stereocenters. The van der Waals surface area contributed by atoms with Crippen molar-refractivity contribution < 1.29 is 4.79 Å². The molecule has 5 nitrogen and oxygen atoms in total. The molecular weight excluding hydrogens is 320 g/mol. The Bertz CT molecular complexity index is 686. The Morgan fingerprint density at radius 1 is 1.33 bits per heavy atom. The van der Waals surface area contributed by atoms with Crippen LogP contribution < -0.4 is 16.2 Å². The summed E-state index contributed by atoms with van der Waals surface area (Å²) in [5, 5.41) is 3.75. The van der Waals surface area contributed by atoms with Crippen molar-refractivity contribution in [3.63, 3.8) is 0 Å². The normalized spacial score (nSPS) is 20.2. The van der Waals surface area contributed by atoms with Gasteiger partial charge >= 0.3 is 0 Å². The third-order valence-corrected chi connectivity index (χ3v) is 5.45. The quantitative estimate of drug-likeness (QED) is 0.753. The van der Waals surface area contributed by atoms with Crippen LogP contribution >= 0.6 is 11.3 Å². The van der Waals surface area contributed by atoms with Crippen LogP contribution in [0.3, 0.4) is 0 Å². The highest BCUT2D eigenvalue weighted by atomic mass is 32.1. The summed E-state index contributed by atoms with van der Waals surface area (Å²) < 4.78 is 0. The van der Waals surface area contributed by atoms with Gasteiger partial charge in [-0.3, -0.25) is 10.2 Å². The van der Waals surface area contributed by atoms with Gasteiger partial charge in [-0.05, 0) is 18.4 Å². The Balaban J connectivity index is 1.72. The molecule has 6 heteroatoms. The lowest BCUT2D eigenvalue weighted by Gasteiger charge is -2.17. The SMILES string of the molecule is CCCc1nc(NC(=O)C2CNNC2c2ccccc2)sc1CC. The second-order valence-corrected chi connectivity index (χ2v) is 7.09. The number of anilines is 1. The van der Waals surface area contributed by atoms with Crippen LogP contribution in [-0.2, 0) is 17.6 Å². The first kappa shape index (κ1) is 17.1. The second kappa shape index (κ2) is 7.88. The Hall–Kier alpha value is -1.76. The summed E-state index contributed by atoms with van der Waals surface area (Å²) >= 11 is 1.60. The van der Waals surface area contributed by atoms with E-state index in [1.54, 1.807) is 11.3 Å². The van der Waals surface area contributed by atoms with Crippen molar-refractivity contribution in [2.75, 3.05) is 11.9 Å². The number of carbonyl (C=O) groups is 1. The van der Waals surface area contributed by atoms with Gasteiger partial charge in [0.25, 0.3) is 0 Å². The number of rotatable bonds is 6. The summed E-state index contributed by atoms with van der Waals surface area (Å²) in [6, 6.07) is 10.0. The summed E-state index contributed by atoms with van der Waals surface area (Å²) in [4.78, 5) is 18.6. The number of benzene rings is 1. The molecule has 1 aliphatic rings. The minimum Gasteiger partial charge on any atom is -0.302 e. The fraction of sp³-hybridized carbons (Fsp3) is 0.444. The highest BCUT2D eigenvalue weighted by Gasteiger charge is 2.34. The third-order valence-electron chi connectivity index (χ3n) is 4.29. The van der Waals surface area contributed by atoms with Gasteiger partial charge in [-0.2, -0.15) is 0 Å². The highest BCUT2D eigenvalue weighted by molar-refractivity contribution is 7.15. The van der Waals surface area contributed by atoms with Gasteiger partial charge in [-0.25, -0.2) is 10.4 Å². The van der Waals surface area contributed by atoms with Gasteiger partial charge < -0.3 is 5.32 Å². The Labute approximate surface area is 146 Å². The number of hydrazine groups is 1. The molecule has 24 heavy (non-hydrogen) atoms. The van der Waals surface area contributed by atoms with E-state index in [2.05, 4.69) is 35.0 Å². The molecule has 2 heterocycles. The van der Waals surface area contributed by atoms with Crippen LogP contribution in [-0.4, -0.2) is 17.4 Å². The standard InChI is InChI=1S/C18H24N4OS/c1-3-8-14-15(4-2)24-18(20-14)21-17(23)13-11-19-22-16(13)12-9-6-5-7-10-12/h5-7,9-10,13,16,19,22H,3-4,8,11H2,1-2H3,(H,20,21,23). The Morgan fingerprint density at radius 2 is 2.12 bits per heavy atom. The summed E-state index contributed by atoms with van der Waals surface area (Å²) in [6.07, 6.45) is 2.99. The van der Waals surface area contributed by atoms with Crippen LogP contribution in [0.5, 0.6) is 0 Å². The van der Waals surface area contributed by atoms with Crippen LogP contribution in [0.15, 0.2) is 30.3 Å². The van der Waals surface area contributed by atoms with Crippen LogP contribution in [0, 0.1) is 5.92 Å².